The predicted molar refractivity (Wildman–Crippen MR) is 71.3 cm³/mol. The highest BCUT2D eigenvalue weighted by Gasteiger charge is 2.31. The second-order valence-electron chi connectivity index (χ2n) is 4.10. The minimum absolute atomic E-state index is 0.300. The Morgan fingerprint density at radius 2 is 2.14 bits per heavy atom. The molecule has 0 aliphatic carbocycles. The topological polar surface area (TPSA) is 136 Å². The van der Waals surface area contributed by atoms with Crippen molar-refractivity contribution in [1.29, 1.82) is 0 Å². The molecule has 0 aliphatic heterocycles. The fraction of sp³-hybridized carbons (Fsp3) is 0.364. The molecule has 0 spiro atoms. The van der Waals surface area contributed by atoms with Gasteiger partial charge < -0.3 is 9.84 Å². The lowest BCUT2D eigenvalue weighted by Gasteiger charge is -2.11. The van der Waals surface area contributed by atoms with Crippen LogP contribution in [0, 0.1) is 10.1 Å². The van der Waals surface area contributed by atoms with Crippen molar-refractivity contribution in [3.8, 4) is 0 Å². The van der Waals surface area contributed by atoms with Crippen LogP contribution in [-0.4, -0.2) is 44.2 Å². The van der Waals surface area contributed by atoms with Gasteiger partial charge in [-0.05, 0) is 13.0 Å². The first kappa shape index (κ1) is 17.0. The van der Waals surface area contributed by atoms with E-state index >= 15 is 0 Å². The van der Waals surface area contributed by atoms with Gasteiger partial charge in [0.05, 0.1) is 18.1 Å². The summed E-state index contributed by atoms with van der Waals surface area (Å²) in [5, 5.41) is 20.0. The molecule has 9 nitrogen and oxygen atoms in total. The number of carbonyl (C=O) groups excluding carboxylic acids is 1. The van der Waals surface area contributed by atoms with Crippen LogP contribution >= 0.6 is 0 Å². The highest BCUT2D eigenvalue weighted by molar-refractivity contribution is 7.89. The number of nitrogens with one attached hydrogen (secondary N) is 1. The molecule has 10 heteroatoms. The zero-order chi connectivity index (χ0) is 16.2. The Labute approximate surface area is 120 Å². The summed E-state index contributed by atoms with van der Waals surface area (Å²) in [7, 11) is -3.23. The Balaban J connectivity index is 3.45. The monoisotopic (exact) mass is 318 g/mol. The van der Waals surface area contributed by atoms with Gasteiger partial charge in [-0.1, -0.05) is 6.07 Å². The maximum atomic E-state index is 12.1. The number of hydrogen-bond acceptors (Lipinski definition) is 7. The minimum Gasteiger partial charge on any atom is -0.465 e. The van der Waals surface area contributed by atoms with Gasteiger partial charge >= 0.3 is 5.97 Å². The average molecular weight is 318 g/mol. The number of carbonyl (C=O) groups is 1. The van der Waals surface area contributed by atoms with E-state index in [1.165, 1.54) is 6.92 Å². The molecular weight excluding hydrogens is 304 g/mol. The molecule has 0 bridgehead atoms. The van der Waals surface area contributed by atoms with E-state index in [2.05, 4.69) is 9.46 Å². The Morgan fingerprint density at radius 1 is 1.52 bits per heavy atom. The van der Waals surface area contributed by atoms with Crippen LogP contribution < -0.4 is 4.72 Å². The molecule has 1 unspecified atom stereocenters. The zero-order valence-corrected chi connectivity index (χ0v) is 12.1. The number of benzene rings is 1. The number of sulfonamides is 1. The summed E-state index contributed by atoms with van der Waals surface area (Å²) in [6.45, 7) is 1.06. The quantitative estimate of drug-likeness (QED) is 0.429. The van der Waals surface area contributed by atoms with E-state index in [0.29, 0.717) is 0 Å². The molecule has 0 radical (unpaired) electrons. The number of hydrogen-bond donors (Lipinski definition) is 2. The maximum Gasteiger partial charge on any atom is 0.346 e. The fourth-order valence-corrected chi connectivity index (χ4v) is 2.84. The smallest absolute Gasteiger partial charge is 0.346 e. The molecule has 0 saturated carbocycles. The third-order valence-corrected chi connectivity index (χ3v) is 3.91. The summed E-state index contributed by atoms with van der Waals surface area (Å²) in [6.07, 6.45) is -0.958. The SMILES string of the molecule is COC(=O)c1c([N+](=O)[O-])cccc1S(=O)(=O)NCC(C)O. The van der Waals surface area contributed by atoms with Gasteiger partial charge in [-0.2, -0.15) is 0 Å². The number of aliphatic hydroxyl groups excluding tert-OH is 1. The maximum absolute atomic E-state index is 12.1. The third-order valence-electron chi connectivity index (χ3n) is 2.45. The van der Waals surface area contributed by atoms with E-state index in [4.69, 9.17) is 5.11 Å². The third kappa shape index (κ3) is 3.97. The predicted octanol–water partition coefficient (Wildman–Crippen LogP) is 0.0405. The molecule has 1 rings (SSSR count). The van der Waals surface area contributed by atoms with Crippen LogP contribution in [0.5, 0.6) is 0 Å². The van der Waals surface area contributed by atoms with Gasteiger partial charge in [0.2, 0.25) is 10.0 Å². The summed E-state index contributed by atoms with van der Waals surface area (Å²) in [5.74, 6) is -1.14. The lowest BCUT2D eigenvalue weighted by atomic mass is 10.2. The molecule has 1 aromatic carbocycles. The van der Waals surface area contributed by atoms with E-state index < -0.39 is 43.2 Å². The molecular formula is C11H14N2O7S. The first-order valence-electron chi connectivity index (χ1n) is 5.74. The number of methoxy groups -OCH3 is 1. The van der Waals surface area contributed by atoms with Gasteiger partial charge in [-0.3, -0.25) is 10.1 Å². The largest absolute Gasteiger partial charge is 0.465 e. The molecule has 116 valence electrons. The van der Waals surface area contributed by atoms with E-state index in [-0.39, 0.29) is 6.54 Å². The normalized spacial score (nSPS) is 12.7. The van der Waals surface area contributed by atoms with Gasteiger partial charge in [-0.15, -0.1) is 0 Å². The Kier molecular flexibility index (Phi) is 5.35. The first-order valence-corrected chi connectivity index (χ1v) is 7.22. The highest BCUT2D eigenvalue weighted by Crippen LogP contribution is 2.26. The molecule has 0 amide bonds. The van der Waals surface area contributed by atoms with E-state index in [1.54, 1.807) is 0 Å². The Bertz CT molecular complexity index is 655. The van der Waals surface area contributed by atoms with Gasteiger partial charge in [-0.25, -0.2) is 17.9 Å². The summed E-state index contributed by atoms with van der Waals surface area (Å²) in [5.41, 5.74) is -1.34. The van der Waals surface area contributed by atoms with E-state index in [1.807, 2.05) is 0 Å². The van der Waals surface area contributed by atoms with Crippen molar-refractivity contribution in [3.63, 3.8) is 0 Å². The molecule has 0 heterocycles. The molecule has 0 saturated heterocycles. The number of esters is 1. The molecule has 2 N–H and O–H groups in total. The molecule has 0 aromatic heterocycles. The van der Waals surface area contributed by atoms with Crippen molar-refractivity contribution in [2.24, 2.45) is 0 Å². The first-order chi connectivity index (χ1) is 9.70. The number of nitro groups is 1. The number of nitro benzene ring substituents is 1. The summed E-state index contributed by atoms with van der Waals surface area (Å²) in [4.78, 5) is 21.2. The number of rotatable bonds is 6. The number of ether oxygens (including phenoxy) is 1. The number of nitrogens with zero attached hydrogens (tertiary/aromatic N) is 1. The van der Waals surface area contributed by atoms with Gasteiger partial charge in [0.1, 0.15) is 4.90 Å². The van der Waals surface area contributed by atoms with Gasteiger partial charge in [0.15, 0.2) is 5.56 Å². The van der Waals surface area contributed by atoms with Crippen LogP contribution in [-0.2, 0) is 14.8 Å². The zero-order valence-electron chi connectivity index (χ0n) is 11.3. The van der Waals surface area contributed by atoms with Crippen LogP contribution in [0.4, 0.5) is 5.69 Å². The molecule has 1 aromatic rings. The summed E-state index contributed by atoms with van der Waals surface area (Å²) >= 11 is 0. The molecule has 1 atom stereocenters. The lowest BCUT2D eigenvalue weighted by molar-refractivity contribution is -0.385. The van der Waals surface area contributed by atoms with Crippen molar-refractivity contribution in [2.45, 2.75) is 17.9 Å². The summed E-state index contributed by atoms with van der Waals surface area (Å²) < 4.78 is 30.7. The number of aliphatic hydroxyl groups is 1. The van der Waals surface area contributed by atoms with Gasteiger partial charge in [0, 0.05) is 12.6 Å². The van der Waals surface area contributed by atoms with Crippen LogP contribution in [0.3, 0.4) is 0 Å². The average Bonchev–Trinajstić information content (AvgIpc) is 2.43. The Hall–Kier alpha value is -2.04. The van der Waals surface area contributed by atoms with Crippen molar-refractivity contribution in [1.82, 2.24) is 4.72 Å². The van der Waals surface area contributed by atoms with Gasteiger partial charge in [0.25, 0.3) is 5.69 Å². The van der Waals surface area contributed by atoms with Crippen LogP contribution in [0.25, 0.3) is 0 Å². The standard InChI is InChI=1S/C11H14N2O7S/c1-7(14)6-12-21(18,19)9-5-3-4-8(13(16)17)10(9)11(15)20-2/h3-5,7,12,14H,6H2,1-2H3. The fourth-order valence-electron chi connectivity index (χ4n) is 1.51. The van der Waals surface area contributed by atoms with E-state index in [9.17, 15) is 23.3 Å². The molecule has 0 fully saturated rings. The second kappa shape index (κ2) is 6.61. The van der Waals surface area contributed by atoms with Crippen molar-refractivity contribution < 1.29 is 28.0 Å². The Morgan fingerprint density at radius 3 is 2.62 bits per heavy atom. The van der Waals surface area contributed by atoms with E-state index in [0.717, 1.165) is 25.3 Å². The minimum atomic E-state index is -4.21. The van der Waals surface area contributed by atoms with Crippen LogP contribution in [0.15, 0.2) is 23.1 Å². The highest BCUT2D eigenvalue weighted by atomic mass is 32.2. The second-order valence-corrected chi connectivity index (χ2v) is 5.84. The molecule has 21 heavy (non-hydrogen) atoms. The lowest BCUT2D eigenvalue weighted by Crippen LogP contribution is -2.32. The van der Waals surface area contributed by atoms with Crippen LogP contribution in [0.2, 0.25) is 0 Å². The van der Waals surface area contributed by atoms with Crippen molar-refractivity contribution in [3.05, 3.63) is 33.9 Å². The van der Waals surface area contributed by atoms with Crippen LogP contribution in [0.1, 0.15) is 17.3 Å². The summed E-state index contributed by atoms with van der Waals surface area (Å²) in [6, 6.07) is 3.19. The van der Waals surface area contributed by atoms with Crippen molar-refractivity contribution >= 4 is 21.7 Å². The molecule has 0 aliphatic rings. The van der Waals surface area contributed by atoms with Crippen molar-refractivity contribution in [2.75, 3.05) is 13.7 Å².